The molecule has 0 bridgehead atoms. The van der Waals surface area contributed by atoms with Crippen LogP contribution in [0.3, 0.4) is 0 Å². The maximum Gasteiger partial charge on any atom is 0.230 e. The molecule has 1 aromatic heterocycles. The Balaban J connectivity index is 2.13. The van der Waals surface area contributed by atoms with Crippen molar-refractivity contribution in [3.63, 3.8) is 0 Å². The molecular weight excluding hydrogens is 281 g/mol. The highest BCUT2D eigenvalue weighted by atomic mass is 35.5. The number of hydrogen-bond donors (Lipinski definition) is 2. The van der Waals surface area contributed by atoms with Gasteiger partial charge in [0, 0.05) is 10.6 Å². The van der Waals surface area contributed by atoms with E-state index in [2.05, 4.69) is 10.3 Å². The summed E-state index contributed by atoms with van der Waals surface area (Å²) in [5.74, 6) is -0.497. The van der Waals surface area contributed by atoms with Gasteiger partial charge in [-0.15, -0.1) is 0 Å². The van der Waals surface area contributed by atoms with E-state index in [0.717, 1.165) is 5.56 Å². The number of anilines is 2. The summed E-state index contributed by atoms with van der Waals surface area (Å²) < 4.78 is 13.6. The summed E-state index contributed by atoms with van der Waals surface area (Å²) in [7, 11) is 0. The molecule has 104 valence electrons. The monoisotopic (exact) mass is 293 g/mol. The van der Waals surface area contributed by atoms with Gasteiger partial charge in [-0.25, -0.2) is 9.37 Å². The predicted molar refractivity (Wildman–Crippen MR) is 77.1 cm³/mol. The third kappa shape index (κ3) is 3.24. The highest BCUT2D eigenvalue weighted by molar-refractivity contribution is 6.31. The second kappa shape index (κ2) is 5.88. The lowest BCUT2D eigenvalue weighted by atomic mass is 10.1. The molecule has 4 nitrogen and oxygen atoms in total. The van der Waals surface area contributed by atoms with E-state index in [-0.39, 0.29) is 17.0 Å². The Morgan fingerprint density at radius 2 is 2.25 bits per heavy atom. The number of aryl methyl sites for hydroxylation is 1. The van der Waals surface area contributed by atoms with Crippen molar-refractivity contribution in [3.05, 3.63) is 52.4 Å². The lowest BCUT2D eigenvalue weighted by Crippen LogP contribution is -2.17. The number of nitrogens with zero attached hydrogens (tertiary/aromatic N) is 1. The minimum atomic E-state index is -0.505. The van der Waals surface area contributed by atoms with E-state index < -0.39 is 11.7 Å². The van der Waals surface area contributed by atoms with E-state index in [1.165, 1.54) is 18.3 Å². The first-order valence-corrected chi connectivity index (χ1v) is 6.30. The average molecular weight is 294 g/mol. The van der Waals surface area contributed by atoms with Crippen molar-refractivity contribution in [2.45, 2.75) is 13.3 Å². The molecule has 1 heterocycles. The highest BCUT2D eigenvalue weighted by Crippen LogP contribution is 2.20. The van der Waals surface area contributed by atoms with Crippen LogP contribution >= 0.6 is 11.6 Å². The zero-order valence-corrected chi connectivity index (χ0v) is 11.5. The fourth-order valence-electron chi connectivity index (χ4n) is 1.77. The molecule has 1 aromatic carbocycles. The Labute approximate surface area is 120 Å². The quantitative estimate of drug-likeness (QED) is 0.914. The molecule has 1 amide bonds. The molecule has 0 saturated carbocycles. The molecule has 0 aliphatic carbocycles. The van der Waals surface area contributed by atoms with Gasteiger partial charge < -0.3 is 11.1 Å². The summed E-state index contributed by atoms with van der Waals surface area (Å²) in [5, 5.41) is 2.83. The maximum atomic E-state index is 13.6. The molecule has 2 aromatic rings. The first-order valence-electron chi connectivity index (χ1n) is 5.92. The van der Waals surface area contributed by atoms with E-state index in [0.29, 0.717) is 11.5 Å². The van der Waals surface area contributed by atoms with Crippen LogP contribution < -0.4 is 11.1 Å². The third-order valence-corrected chi connectivity index (χ3v) is 3.11. The number of carbonyl (C=O) groups excluding carboxylic acids is 1. The fraction of sp³-hybridized carbons (Fsp3) is 0.143. The average Bonchev–Trinajstić information content (AvgIpc) is 2.37. The number of nitrogen functional groups attached to an aromatic ring is 1. The van der Waals surface area contributed by atoms with Crippen LogP contribution in [0, 0.1) is 12.7 Å². The molecule has 0 fully saturated rings. The van der Waals surface area contributed by atoms with Crippen molar-refractivity contribution < 1.29 is 9.18 Å². The van der Waals surface area contributed by atoms with Gasteiger partial charge in [-0.3, -0.25) is 4.79 Å². The van der Waals surface area contributed by atoms with Gasteiger partial charge in [0.15, 0.2) is 0 Å². The van der Waals surface area contributed by atoms with Crippen molar-refractivity contribution in [2.75, 3.05) is 11.1 Å². The Hall–Kier alpha value is -2.14. The normalized spacial score (nSPS) is 10.3. The first-order chi connectivity index (χ1) is 9.47. The SMILES string of the molecule is Cc1cc(N)cnc1NC(=O)Cc1c(F)cccc1Cl. The molecular formula is C14H13ClFN3O. The zero-order valence-electron chi connectivity index (χ0n) is 10.8. The van der Waals surface area contributed by atoms with Crippen LogP contribution in [-0.4, -0.2) is 10.9 Å². The number of halogens is 2. The second-order valence-electron chi connectivity index (χ2n) is 4.36. The Morgan fingerprint density at radius 1 is 1.50 bits per heavy atom. The van der Waals surface area contributed by atoms with Crippen molar-refractivity contribution in [1.82, 2.24) is 4.98 Å². The molecule has 0 unspecified atom stereocenters. The highest BCUT2D eigenvalue weighted by Gasteiger charge is 2.13. The van der Waals surface area contributed by atoms with Crippen LogP contribution in [0.1, 0.15) is 11.1 Å². The van der Waals surface area contributed by atoms with Crippen LogP contribution in [0.15, 0.2) is 30.5 Å². The van der Waals surface area contributed by atoms with Crippen molar-refractivity contribution in [2.24, 2.45) is 0 Å². The smallest absolute Gasteiger partial charge is 0.230 e. The van der Waals surface area contributed by atoms with Crippen LogP contribution in [0.5, 0.6) is 0 Å². The van der Waals surface area contributed by atoms with Crippen LogP contribution in [0.2, 0.25) is 5.02 Å². The standard InChI is InChI=1S/C14H13ClFN3O/c1-8-5-9(17)7-18-14(8)19-13(20)6-10-11(15)3-2-4-12(10)16/h2-5,7H,6,17H2,1H3,(H,18,19,20). The number of aromatic nitrogens is 1. The van der Waals surface area contributed by atoms with E-state index in [1.807, 2.05) is 0 Å². The minimum absolute atomic E-state index is 0.156. The van der Waals surface area contributed by atoms with E-state index >= 15 is 0 Å². The topological polar surface area (TPSA) is 68.0 Å². The Morgan fingerprint density at radius 3 is 2.90 bits per heavy atom. The van der Waals surface area contributed by atoms with Crippen LogP contribution in [-0.2, 0) is 11.2 Å². The van der Waals surface area contributed by atoms with Crippen molar-refractivity contribution in [3.8, 4) is 0 Å². The second-order valence-corrected chi connectivity index (χ2v) is 4.77. The molecule has 6 heteroatoms. The molecule has 0 aliphatic rings. The number of nitrogens with two attached hydrogens (primary N) is 1. The van der Waals surface area contributed by atoms with Gasteiger partial charge in [0.1, 0.15) is 11.6 Å². The molecule has 0 saturated heterocycles. The van der Waals surface area contributed by atoms with Crippen molar-refractivity contribution in [1.29, 1.82) is 0 Å². The summed E-state index contributed by atoms with van der Waals surface area (Å²) in [6.45, 7) is 1.77. The molecule has 0 atom stereocenters. The largest absolute Gasteiger partial charge is 0.397 e. The molecule has 3 N–H and O–H groups in total. The summed E-state index contributed by atoms with van der Waals surface area (Å²) in [6, 6.07) is 5.99. The van der Waals surface area contributed by atoms with Gasteiger partial charge in [0.2, 0.25) is 5.91 Å². The Bertz CT molecular complexity index is 641. The number of carbonyl (C=O) groups is 1. The van der Waals surface area contributed by atoms with Gasteiger partial charge in [0.05, 0.1) is 18.3 Å². The summed E-state index contributed by atoms with van der Waals surface area (Å²) in [5.41, 5.74) is 6.99. The number of rotatable bonds is 3. The number of nitrogens with one attached hydrogen (secondary N) is 1. The minimum Gasteiger partial charge on any atom is -0.397 e. The van der Waals surface area contributed by atoms with E-state index in [4.69, 9.17) is 17.3 Å². The van der Waals surface area contributed by atoms with Gasteiger partial charge in [0.25, 0.3) is 0 Å². The molecule has 0 radical (unpaired) electrons. The number of amides is 1. The molecule has 0 spiro atoms. The lowest BCUT2D eigenvalue weighted by Gasteiger charge is -2.09. The van der Waals surface area contributed by atoms with Crippen LogP contribution in [0.25, 0.3) is 0 Å². The zero-order chi connectivity index (χ0) is 14.7. The van der Waals surface area contributed by atoms with Gasteiger partial charge in [-0.2, -0.15) is 0 Å². The van der Waals surface area contributed by atoms with Crippen LogP contribution in [0.4, 0.5) is 15.9 Å². The third-order valence-electron chi connectivity index (χ3n) is 2.76. The predicted octanol–water partition coefficient (Wildman–Crippen LogP) is 2.95. The number of hydrogen-bond acceptors (Lipinski definition) is 3. The van der Waals surface area contributed by atoms with Crippen molar-refractivity contribution >= 4 is 29.0 Å². The fourth-order valence-corrected chi connectivity index (χ4v) is 2.00. The van der Waals surface area contributed by atoms with E-state index in [9.17, 15) is 9.18 Å². The summed E-state index contributed by atoms with van der Waals surface area (Å²) in [4.78, 5) is 15.9. The first kappa shape index (κ1) is 14.3. The number of pyridine rings is 1. The molecule has 20 heavy (non-hydrogen) atoms. The summed E-state index contributed by atoms with van der Waals surface area (Å²) >= 11 is 5.88. The van der Waals surface area contributed by atoms with Gasteiger partial charge >= 0.3 is 0 Å². The molecule has 0 aliphatic heterocycles. The van der Waals surface area contributed by atoms with E-state index in [1.54, 1.807) is 19.1 Å². The summed E-state index contributed by atoms with van der Waals surface area (Å²) in [6.07, 6.45) is 1.29. The molecule has 2 rings (SSSR count). The van der Waals surface area contributed by atoms with Gasteiger partial charge in [-0.05, 0) is 30.7 Å². The lowest BCUT2D eigenvalue weighted by molar-refractivity contribution is -0.115. The maximum absolute atomic E-state index is 13.6. The Kier molecular flexibility index (Phi) is 4.20. The number of benzene rings is 1. The van der Waals surface area contributed by atoms with Gasteiger partial charge in [-0.1, -0.05) is 17.7 Å².